The molecule has 2 unspecified atom stereocenters. The molecule has 0 aliphatic carbocycles. The van der Waals surface area contributed by atoms with Gasteiger partial charge in [0.1, 0.15) is 6.10 Å². The van der Waals surface area contributed by atoms with Gasteiger partial charge in [-0.05, 0) is 55.5 Å². The van der Waals surface area contributed by atoms with Crippen LogP contribution < -0.4 is 5.32 Å². The summed E-state index contributed by atoms with van der Waals surface area (Å²) in [5, 5.41) is 3.40. The van der Waals surface area contributed by atoms with E-state index in [-0.39, 0.29) is 12.0 Å². The van der Waals surface area contributed by atoms with E-state index in [1.807, 2.05) is 17.0 Å². The van der Waals surface area contributed by atoms with Crippen molar-refractivity contribution in [2.75, 3.05) is 32.8 Å². The van der Waals surface area contributed by atoms with Crippen molar-refractivity contribution in [1.29, 1.82) is 0 Å². The van der Waals surface area contributed by atoms with Crippen LogP contribution in [0.15, 0.2) is 28.7 Å². The Kier molecular flexibility index (Phi) is 6.31. The Bertz CT molecular complexity index is 543. The highest BCUT2D eigenvalue weighted by molar-refractivity contribution is 9.10. The second-order valence-electron chi connectivity index (χ2n) is 7.02. The lowest BCUT2D eigenvalue weighted by atomic mass is 9.84. The lowest BCUT2D eigenvalue weighted by Crippen LogP contribution is -2.43. The SMILES string of the molecule is CC(CC(=O)N1CCOC(c2ccc(Br)cc2)C1)C1CCNCC1. The maximum absolute atomic E-state index is 12.7. The quantitative estimate of drug-likeness (QED) is 0.850. The lowest BCUT2D eigenvalue weighted by Gasteiger charge is -2.35. The Morgan fingerprint density at radius 1 is 1.33 bits per heavy atom. The van der Waals surface area contributed by atoms with Crippen molar-refractivity contribution in [3.05, 3.63) is 34.3 Å². The van der Waals surface area contributed by atoms with Crippen molar-refractivity contribution in [3.8, 4) is 0 Å². The number of benzene rings is 1. The molecule has 1 aromatic carbocycles. The van der Waals surface area contributed by atoms with Crippen LogP contribution in [0.4, 0.5) is 0 Å². The molecule has 0 radical (unpaired) electrons. The van der Waals surface area contributed by atoms with Crippen LogP contribution in [0.3, 0.4) is 0 Å². The Balaban J connectivity index is 1.55. The van der Waals surface area contributed by atoms with Crippen LogP contribution in [0.2, 0.25) is 0 Å². The number of carbonyl (C=O) groups excluding carboxylic acids is 1. The molecule has 2 heterocycles. The summed E-state index contributed by atoms with van der Waals surface area (Å²) in [5.41, 5.74) is 1.14. The van der Waals surface area contributed by atoms with Crippen molar-refractivity contribution >= 4 is 21.8 Å². The summed E-state index contributed by atoms with van der Waals surface area (Å²) < 4.78 is 6.95. The van der Waals surface area contributed by atoms with Crippen LogP contribution in [0, 0.1) is 11.8 Å². The molecule has 1 aromatic rings. The molecule has 2 saturated heterocycles. The van der Waals surface area contributed by atoms with Gasteiger partial charge in [0, 0.05) is 17.4 Å². The van der Waals surface area contributed by atoms with Crippen LogP contribution in [0.5, 0.6) is 0 Å². The van der Waals surface area contributed by atoms with Crippen LogP contribution in [0.25, 0.3) is 0 Å². The van der Waals surface area contributed by atoms with E-state index in [0.29, 0.717) is 38.0 Å². The average molecular weight is 395 g/mol. The van der Waals surface area contributed by atoms with Crippen molar-refractivity contribution in [1.82, 2.24) is 10.2 Å². The zero-order valence-corrected chi connectivity index (χ0v) is 15.9. The minimum Gasteiger partial charge on any atom is -0.370 e. The number of rotatable bonds is 4. The van der Waals surface area contributed by atoms with Crippen molar-refractivity contribution in [3.63, 3.8) is 0 Å². The minimum atomic E-state index is -0.00927. The third-order valence-corrected chi connectivity index (χ3v) is 5.87. The van der Waals surface area contributed by atoms with Gasteiger partial charge in [0.15, 0.2) is 0 Å². The van der Waals surface area contributed by atoms with Gasteiger partial charge in [-0.1, -0.05) is 35.0 Å². The Labute approximate surface area is 153 Å². The summed E-state index contributed by atoms with van der Waals surface area (Å²) in [6.07, 6.45) is 3.04. The number of piperidine rings is 1. The fourth-order valence-electron chi connectivity index (χ4n) is 3.74. The standard InChI is InChI=1S/C19H27BrN2O2/c1-14(15-6-8-21-9-7-15)12-19(23)22-10-11-24-18(13-22)16-2-4-17(20)5-3-16/h2-5,14-15,18,21H,6-13H2,1H3. The van der Waals surface area contributed by atoms with E-state index in [0.717, 1.165) is 23.1 Å². The van der Waals surface area contributed by atoms with Gasteiger partial charge in [0.05, 0.1) is 13.2 Å². The fraction of sp³-hybridized carbons (Fsp3) is 0.632. The van der Waals surface area contributed by atoms with Gasteiger partial charge in [0.25, 0.3) is 0 Å². The van der Waals surface area contributed by atoms with E-state index in [4.69, 9.17) is 4.74 Å². The first-order chi connectivity index (χ1) is 11.6. The summed E-state index contributed by atoms with van der Waals surface area (Å²) in [5.74, 6) is 1.43. The van der Waals surface area contributed by atoms with E-state index in [1.165, 1.54) is 12.8 Å². The normalized spacial score (nSPS) is 23.9. The monoisotopic (exact) mass is 394 g/mol. The first-order valence-corrected chi connectivity index (χ1v) is 9.78. The zero-order valence-electron chi connectivity index (χ0n) is 14.3. The predicted molar refractivity (Wildman–Crippen MR) is 98.8 cm³/mol. The Morgan fingerprint density at radius 2 is 2.04 bits per heavy atom. The number of hydrogen-bond donors (Lipinski definition) is 1. The van der Waals surface area contributed by atoms with Gasteiger partial charge >= 0.3 is 0 Å². The second kappa shape index (κ2) is 8.45. The maximum atomic E-state index is 12.7. The number of morpholine rings is 1. The lowest BCUT2D eigenvalue weighted by molar-refractivity contribution is -0.140. The third kappa shape index (κ3) is 4.58. The maximum Gasteiger partial charge on any atom is 0.223 e. The number of nitrogens with zero attached hydrogens (tertiary/aromatic N) is 1. The molecule has 2 fully saturated rings. The number of hydrogen-bond acceptors (Lipinski definition) is 3. The average Bonchev–Trinajstić information content (AvgIpc) is 2.63. The van der Waals surface area contributed by atoms with E-state index >= 15 is 0 Å². The topological polar surface area (TPSA) is 41.6 Å². The highest BCUT2D eigenvalue weighted by atomic mass is 79.9. The summed E-state index contributed by atoms with van der Waals surface area (Å²) in [7, 11) is 0. The molecule has 3 rings (SSSR count). The first-order valence-electron chi connectivity index (χ1n) is 8.99. The van der Waals surface area contributed by atoms with Gasteiger partial charge < -0.3 is 15.0 Å². The number of amides is 1. The molecule has 0 bridgehead atoms. The van der Waals surface area contributed by atoms with Gasteiger partial charge in [-0.25, -0.2) is 0 Å². The van der Waals surface area contributed by atoms with Crippen molar-refractivity contribution in [2.45, 2.75) is 32.3 Å². The molecular weight excluding hydrogens is 368 g/mol. The summed E-state index contributed by atoms with van der Waals surface area (Å²) in [4.78, 5) is 14.7. The van der Waals surface area contributed by atoms with Gasteiger partial charge in [-0.2, -0.15) is 0 Å². The molecule has 2 aliphatic heterocycles. The fourth-order valence-corrected chi connectivity index (χ4v) is 4.00. The van der Waals surface area contributed by atoms with Gasteiger partial charge in [0.2, 0.25) is 5.91 Å². The largest absolute Gasteiger partial charge is 0.370 e. The molecule has 1 amide bonds. The summed E-state index contributed by atoms with van der Waals surface area (Å²) in [6.45, 7) is 6.41. The number of ether oxygens (including phenoxy) is 1. The van der Waals surface area contributed by atoms with E-state index in [2.05, 4.69) is 40.3 Å². The summed E-state index contributed by atoms with van der Waals surface area (Å²) in [6, 6.07) is 8.19. The Hall–Kier alpha value is -0.910. The molecule has 132 valence electrons. The van der Waals surface area contributed by atoms with Gasteiger partial charge in [-0.15, -0.1) is 0 Å². The number of nitrogens with one attached hydrogen (secondary N) is 1. The molecule has 2 atom stereocenters. The Morgan fingerprint density at radius 3 is 2.75 bits per heavy atom. The molecular formula is C19H27BrN2O2. The molecule has 2 aliphatic rings. The zero-order chi connectivity index (χ0) is 16.9. The molecule has 4 nitrogen and oxygen atoms in total. The highest BCUT2D eigenvalue weighted by Crippen LogP contribution is 2.27. The van der Waals surface area contributed by atoms with Crippen LogP contribution in [-0.4, -0.2) is 43.6 Å². The number of carbonyl (C=O) groups is 1. The number of halogens is 1. The second-order valence-corrected chi connectivity index (χ2v) is 7.94. The van der Waals surface area contributed by atoms with E-state index in [9.17, 15) is 4.79 Å². The third-order valence-electron chi connectivity index (χ3n) is 5.35. The van der Waals surface area contributed by atoms with Crippen LogP contribution in [0.1, 0.15) is 37.9 Å². The highest BCUT2D eigenvalue weighted by Gasteiger charge is 2.28. The molecule has 24 heavy (non-hydrogen) atoms. The minimum absolute atomic E-state index is 0.00927. The van der Waals surface area contributed by atoms with E-state index in [1.54, 1.807) is 0 Å². The smallest absolute Gasteiger partial charge is 0.223 e. The van der Waals surface area contributed by atoms with Crippen LogP contribution >= 0.6 is 15.9 Å². The van der Waals surface area contributed by atoms with Gasteiger partial charge in [-0.3, -0.25) is 4.79 Å². The van der Waals surface area contributed by atoms with E-state index < -0.39 is 0 Å². The molecule has 5 heteroatoms. The molecule has 1 N–H and O–H groups in total. The van der Waals surface area contributed by atoms with Crippen molar-refractivity contribution < 1.29 is 9.53 Å². The summed E-state index contributed by atoms with van der Waals surface area (Å²) >= 11 is 3.46. The molecule has 0 saturated carbocycles. The first kappa shape index (κ1) is 17.9. The van der Waals surface area contributed by atoms with Crippen molar-refractivity contribution in [2.24, 2.45) is 11.8 Å². The van der Waals surface area contributed by atoms with Crippen LogP contribution in [-0.2, 0) is 9.53 Å². The molecule has 0 spiro atoms. The predicted octanol–water partition coefficient (Wildman–Crippen LogP) is 3.37. The molecule has 0 aromatic heterocycles.